The summed E-state index contributed by atoms with van der Waals surface area (Å²) in [5.74, 6) is 0.282. The molecule has 2 rings (SSSR count). The number of nitrogens with zero attached hydrogens (tertiary/aromatic N) is 2. The van der Waals surface area contributed by atoms with Gasteiger partial charge in [0.15, 0.2) is 0 Å². The van der Waals surface area contributed by atoms with Crippen LogP contribution < -0.4 is 5.32 Å². The summed E-state index contributed by atoms with van der Waals surface area (Å²) in [7, 11) is 0. The van der Waals surface area contributed by atoms with E-state index in [-0.39, 0.29) is 5.92 Å². The van der Waals surface area contributed by atoms with Crippen molar-refractivity contribution in [2.45, 2.75) is 38.3 Å². The van der Waals surface area contributed by atoms with E-state index in [0.29, 0.717) is 12.1 Å². The normalized spacial score (nSPS) is 39.6. The first kappa shape index (κ1) is 9.95. The van der Waals surface area contributed by atoms with E-state index >= 15 is 0 Å². The molecule has 3 atom stereocenters. The van der Waals surface area contributed by atoms with Gasteiger partial charge < -0.3 is 5.32 Å². The van der Waals surface area contributed by atoms with Crippen LogP contribution in [-0.2, 0) is 0 Å². The van der Waals surface area contributed by atoms with Gasteiger partial charge in [-0.3, -0.25) is 4.90 Å². The zero-order valence-corrected chi connectivity index (χ0v) is 8.87. The van der Waals surface area contributed by atoms with E-state index in [0.717, 1.165) is 26.1 Å². The molecular formula is C11H19N3. The zero-order valence-electron chi connectivity index (χ0n) is 8.87. The van der Waals surface area contributed by atoms with Crippen molar-refractivity contribution in [1.29, 1.82) is 5.26 Å². The van der Waals surface area contributed by atoms with Crippen LogP contribution in [0.2, 0.25) is 0 Å². The first-order chi connectivity index (χ1) is 6.81. The average molecular weight is 193 g/mol. The highest BCUT2D eigenvalue weighted by Crippen LogP contribution is 2.23. The standard InChI is InChI=1S/C11H19N3/c1-9-11(3-2-5-13-9)14-6-4-10(7-12)8-14/h9-11,13H,2-6,8H2,1H3. The Morgan fingerprint density at radius 1 is 1.43 bits per heavy atom. The SMILES string of the molecule is CC1NCCCC1N1CCC(C#N)C1. The van der Waals surface area contributed by atoms with E-state index in [1.54, 1.807) is 0 Å². The van der Waals surface area contributed by atoms with E-state index in [4.69, 9.17) is 5.26 Å². The summed E-state index contributed by atoms with van der Waals surface area (Å²) in [5, 5.41) is 12.4. The van der Waals surface area contributed by atoms with Gasteiger partial charge in [0.25, 0.3) is 0 Å². The molecule has 2 saturated heterocycles. The first-order valence-electron chi connectivity index (χ1n) is 5.68. The van der Waals surface area contributed by atoms with Crippen LogP contribution in [0.1, 0.15) is 26.2 Å². The van der Waals surface area contributed by atoms with Crippen molar-refractivity contribution in [1.82, 2.24) is 10.2 Å². The predicted octanol–water partition coefficient (Wildman–Crippen LogP) is 0.972. The minimum atomic E-state index is 0.282. The third-order valence-corrected chi connectivity index (χ3v) is 3.59. The molecule has 0 amide bonds. The molecule has 3 heteroatoms. The maximum Gasteiger partial charge on any atom is 0.0669 e. The summed E-state index contributed by atoms with van der Waals surface area (Å²) in [6.07, 6.45) is 3.65. The molecule has 2 aliphatic rings. The van der Waals surface area contributed by atoms with Crippen LogP contribution in [0.5, 0.6) is 0 Å². The van der Waals surface area contributed by atoms with Crippen molar-refractivity contribution in [2.24, 2.45) is 5.92 Å². The van der Waals surface area contributed by atoms with Crippen LogP contribution in [0.4, 0.5) is 0 Å². The number of rotatable bonds is 1. The lowest BCUT2D eigenvalue weighted by atomic mass is 9.98. The summed E-state index contributed by atoms with van der Waals surface area (Å²) in [6.45, 7) is 5.54. The molecule has 1 N–H and O–H groups in total. The molecule has 2 fully saturated rings. The number of nitriles is 1. The van der Waals surface area contributed by atoms with Crippen LogP contribution in [0, 0.1) is 17.2 Å². The number of nitrogens with one attached hydrogen (secondary N) is 1. The lowest BCUT2D eigenvalue weighted by molar-refractivity contribution is 0.161. The maximum absolute atomic E-state index is 8.86. The van der Waals surface area contributed by atoms with Crippen molar-refractivity contribution >= 4 is 0 Å². The lowest BCUT2D eigenvalue weighted by Gasteiger charge is -2.36. The van der Waals surface area contributed by atoms with Crippen LogP contribution >= 0.6 is 0 Å². The lowest BCUT2D eigenvalue weighted by Crippen LogP contribution is -2.51. The van der Waals surface area contributed by atoms with Gasteiger partial charge in [0.2, 0.25) is 0 Å². The molecule has 0 bridgehead atoms. The van der Waals surface area contributed by atoms with Crippen LogP contribution in [0.25, 0.3) is 0 Å². The van der Waals surface area contributed by atoms with E-state index in [9.17, 15) is 0 Å². The van der Waals surface area contributed by atoms with Crippen molar-refractivity contribution in [3.05, 3.63) is 0 Å². The molecule has 3 unspecified atom stereocenters. The highest BCUT2D eigenvalue weighted by molar-refractivity contribution is 4.95. The van der Waals surface area contributed by atoms with Gasteiger partial charge in [0.05, 0.1) is 12.0 Å². The zero-order chi connectivity index (χ0) is 9.97. The fourth-order valence-corrected chi connectivity index (χ4v) is 2.72. The summed E-state index contributed by atoms with van der Waals surface area (Å²) < 4.78 is 0. The van der Waals surface area contributed by atoms with Gasteiger partial charge in [0, 0.05) is 18.6 Å². The number of hydrogen-bond acceptors (Lipinski definition) is 3. The van der Waals surface area contributed by atoms with Gasteiger partial charge in [-0.1, -0.05) is 0 Å². The molecule has 3 nitrogen and oxygen atoms in total. The second-order valence-electron chi connectivity index (χ2n) is 4.56. The second-order valence-corrected chi connectivity index (χ2v) is 4.56. The monoisotopic (exact) mass is 193 g/mol. The Balaban J connectivity index is 1.92. The van der Waals surface area contributed by atoms with Gasteiger partial charge in [-0.2, -0.15) is 5.26 Å². The van der Waals surface area contributed by atoms with Gasteiger partial charge >= 0.3 is 0 Å². The highest BCUT2D eigenvalue weighted by atomic mass is 15.2. The fourth-order valence-electron chi connectivity index (χ4n) is 2.72. The fraction of sp³-hybridized carbons (Fsp3) is 0.909. The summed E-state index contributed by atoms with van der Waals surface area (Å²) >= 11 is 0. The van der Waals surface area contributed by atoms with Crippen molar-refractivity contribution in [2.75, 3.05) is 19.6 Å². The number of hydrogen-bond donors (Lipinski definition) is 1. The van der Waals surface area contributed by atoms with E-state index in [1.807, 2.05) is 0 Å². The molecule has 0 spiro atoms. The van der Waals surface area contributed by atoms with E-state index in [1.165, 1.54) is 12.8 Å². The second kappa shape index (κ2) is 4.29. The molecule has 0 aromatic carbocycles. The van der Waals surface area contributed by atoms with Gasteiger partial charge in [0.1, 0.15) is 0 Å². The van der Waals surface area contributed by atoms with Crippen LogP contribution in [0.3, 0.4) is 0 Å². The number of likely N-dealkylation sites (tertiary alicyclic amines) is 1. The topological polar surface area (TPSA) is 39.1 Å². The minimum absolute atomic E-state index is 0.282. The molecular weight excluding hydrogens is 174 g/mol. The molecule has 2 heterocycles. The van der Waals surface area contributed by atoms with Crippen molar-refractivity contribution in [3.63, 3.8) is 0 Å². The molecule has 0 aromatic heterocycles. The Bertz CT molecular complexity index is 233. The quantitative estimate of drug-likeness (QED) is 0.674. The predicted molar refractivity (Wildman–Crippen MR) is 55.8 cm³/mol. The molecule has 78 valence electrons. The van der Waals surface area contributed by atoms with Gasteiger partial charge in [-0.25, -0.2) is 0 Å². The average Bonchev–Trinajstić information content (AvgIpc) is 2.67. The molecule has 0 aliphatic carbocycles. The smallest absolute Gasteiger partial charge is 0.0669 e. The Labute approximate surface area is 86.1 Å². The molecule has 0 radical (unpaired) electrons. The largest absolute Gasteiger partial charge is 0.313 e. The Morgan fingerprint density at radius 2 is 2.29 bits per heavy atom. The summed E-state index contributed by atoms with van der Waals surface area (Å²) in [5.41, 5.74) is 0. The highest BCUT2D eigenvalue weighted by Gasteiger charge is 2.32. The summed E-state index contributed by atoms with van der Waals surface area (Å²) in [6, 6.07) is 3.65. The Kier molecular flexibility index (Phi) is 3.05. The molecule has 14 heavy (non-hydrogen) atoms. The Morgan fingerprint density at radius 3 is 2.93 bits per heavy atom. The van der Waals surface area contributed by atoms with Crippen molar-refractivity contribution in [3.8, 4) is 6.07 Å². The third kappa shape index (κ3) is 1.92. The Hall–Kier alpha value is -0.590. The van der Waals surface area contributed by atoms with Crippen LogP contribution in [-0.4, -0.2) is 36.6 Å². The van der Waals surface area contributed by atoms with Gasteiger partial charge in [-0.15, -0.1) is 0 Å². The summed E-state index contributed by atoms with van der Waals surface area (Å²) in [4.78, 5) is 2.50. The molecule has 0 saturated carbocycles. The van der Waals surface area contributed by atoms with Crippen molar-refractivity contribution < 1.29 is 0 Å². The molecule has 2 aliphatic heterocycles. The molecule has 0 aromatic rings. The third-order valence-electron chi connectivity index (χ3n) is 3.59. The van der Waals surface area contributed by atoms with Crippen LogP contribution in [0.15, 0.2) is 0 Å². The van der Waals surface area contributed by atoms with Gasteiger partial charge in [-0.05, 0) is 39.3 Å². The van der Waals surface area contributed by atoms with E-state index in [2.05, 4.69) is 23.2 Å². The maximum atomic E-state index is 8.86. The number of piperidine rings is 1. The minimum Gasteiger partial charge on any atom is -0.313 e. The first-order valence-corrected chi connectivity index (χ1v) is 5.68. The van der Waals surface area contributed by atoms with E-state index < -0.39 is 0 Å².